The maximum absolute atomic E-state index is 13.4. The van der Waals surface area contributed by atoms with Gasteiger partial charge >= 0.3 is 0 Å². The molecule has 4 rings (SSSR count). The summed E-state index contributed by atoms with van der Waals surface area (Å²) in [6.07, 6.45) is 3.94. The highest BCUT2D eigenvalue weighted by Gasteiger charge is 2.45. The molecule has 2 heterocycles. The second kappa shape index (κ2) is 13.5. The fraction of sp³-hybridized carbons (Fsp3) is 0.484. The Balaban J connectivity index is 1.66. The zero-order valence-electron chi connectivity index (χ0n) is 23.3. The van der Waals surface area contributed by atoms with Gasteiger partial charge in [-0.3, -0.25) is 9.59 Å². The number of likely N-dealkylation sites (tertiary alicyclic amines) is 1. The molecule has 2 aromatic rings. The van der Waals surface area contributed by atoms with Gasteiger partial charge in [0.25, 0.3) is 11.7 Å². The van der Waals surface area contributed by atoms with Crippen molar-refractivity contribution in [2.45, 2.75) is 52.5 Å². The number of fused-ring (bicyclic) bond motifs is 1. The second-order valence-corrected chi connectivity index (χ2v) is 9.86. The third-order valence-electron chi connectivity index (χ3n) is 7.34. The van der Waals surface area contributed by atoms with E-state index in [1.54, 1.807) is 23.1 Å². The van der Waals surface area contributed by atoms with Crippen molar-refractivity contribution in [2.75, 3.05) is 46.0 Å². The van der Waals surface area contributed by atoms with Crippen LogP contribution >= 0.6 is 0 Å². The van der Waals surface area contributed by atoms with E-state index in [9.17, 15) is 14.7 Å². The molecule has 210 valence electrons. The van der Waals surface area contributed by atoms with Crippen molar-refractivity contribution in [3.8, 4) is 17.2 Å². The smallest absolute Gasteiger partial charge is 0.295 e. The van der Waals surface area contributed by atoms with E-state index in [4.69, 9.17) is 14.2 Å². The van der Waals surface area contributed by atoms with Crippen LogP contribution in [-0.2, 0) is 9.59 Å². The minimum Gasteiger partial charge on any atom is -0.507 e. The second-order valence-electron chi connectivity index (χ2n) is 9.86. The zero-order chi connectivity index (χ0) is 27.8. The maximum atomic E-state index is 13.4. The normalized spacial score (nSPS) is 18.2. The minimum absolute atomic E-state index is 0.0798. The van der Waals surface area contributed by atoms with Gasteiger partial charge in [0.2, 0.25) is 0 Å². The zero-order valence-corrected chi connectivity index (χ0v) is 23.3. The van der Waals surface area contributed by atoms with E-state index < -0.39 is 17.7 Å². The first-order valence-corrected chi connectivity index (χ1v) is 14.1. The molecular formula is C31H40N2O6. The van der Waals surface area contributed by atoms with Crippen LogP contribution in [0.2, 0.25) is 0 Å². The van der Waals surface area contributed by atoms with Crippen molar-refractivity contribution in [1.29, 1.82) is 0 Å². The number of aliphatic hydroxyl groups is 1. The van der Waals surface area contributed by atoms with Crippen LogP contribution in [0.15, 0.2) is 48.0 Å². The Morgan fingerprint density at radius 3 is 2.38 bits per heavy atom. The van der Waals surface area contributed by atoms with Gasteiger partial charge < -0.3 is 29.1 Å². The molecule has 0 bridgehead atoms. The number of benzene rings is 2. The molecule has 1 saturated heterocycles. The van der Waals surface area contributed by atoms with Crippen molar-refractivity contribution >= 4 is 17.4 Å². The molecule has 0 radical (unpaired) electrons. The van der Waals surface area contributed by atoms with Gasteiger partial charge in [0.1, 0.15) is 24.7 Å². The average Bonchev–Trinajstić information content (AvgIpc) is 3.22. The summed E-state index contributed by atoms with van der Waals surface area (Å²) < 4.78 is 17.1. The van der Waals surface area contributed by atoms with Crippen molar-refractivity contribution < 1.29 is 28.9 Å². The number of hydrogen-bond acceptors (Lipinski definition) is 7. The van der Waals surface area contributed by atoms with E-state index in [1.807, 2.05) is 24.3 Å². The molecule has 1 amide bonds. The lowest BCUT2D eigenvalue weighted by Gasteiger charge is -2.27. The van der Waals surface area contributed by atoms with Crippen LogP contribution in [0.4, 0.5) is 0 Å². The van der Waals surface area contributed by atoms with Crippen molar-refractivity contribution in [3.05, 3.63) is 59.2 Å². The fourth-order valence-electron chi connectivity index (χ4n) is 5.10. The summed E-state index contributed by atoms with van der Waals surface area (Å²) in [7, 11) is 0. The topological polar surface area (TPSA) is 88.5 Å². The van der Waals surface area contributed by atoms with E-state index >= 15 is 0 Å². The van der Waals surface area contributed by atoms with Gasteiger partial charge in [-0.2, -0.15) is 0 Å². The van der Waals surface area contributed by atoms with E-state index in [2.05, 4.69) is 25.7 Å². The van der Waals surface area contributed by atoms with Gasteiger partial charge in [0.15, 0.2) is 11.5 Å². The number of aliphatic hydroxyl groups excluding tert-OH is 1. The van der Waals surface area contributed by atoms with Gasteiger partial charge in [-0.25, -0.2) is 0 Å². The summed E-state index contributed by atoms with van der Waals surface area (Å²) >= 11 is 0. The molecule has 0 aromatic heterocycles. The summed E-state index contributed by atoms with van der Waals surface area (Å²) in [5, 5.41) is 11.4. The third kappa shape index (κ3) is 6.56. The molecule has 0 saturated carbocycles. The molecule has 0 aliphatic carbocycles. The monoisotopic (exact) mass is 536 g/mol. The highest BCUT2D eigenvalue weighted by Crippen LogP contribution is 2.41. The third-order valence-corrected chi connectivity index (χ3v) is 7.34. The first-order valence-electron chi connectivity index (χ1n) is 14.1. The van der Waals surface area contributed by atoms with E-state index in [0.29, 0.717) is 49.8 Å². The Labute approximate surface area is 231 Å². The lowest BCUT2D eigenvalue weighted by atomic mass is 9.95. The number of amides is 1. The number of carbonyl (C=O) groups is 2. The summed E-state index contributed by atoms with van der Waals surface area (Å²) in [4.78, 5) is 30.6. The number of ketones is 1. The first kappa shape index (κ1) is 28.5. The molecule has 1 atom stereocenters. The molecule has 1 N–H and O–H groups in total. The number of carbonyl (C=O) groups excluding carboxylic acids is 2. The number of unbranched alkanes of at least 4 members (excludes halogenated alkanes) is 2. The molecule has 2 aromatic carbocycles. The molecule has 2 aliphatic rings. The van der Waals surface area contributed by atoms with E-state index in [1.165, 1.54) is 0 Å². The summed E-state index contributed by atoms with van der Waals surface area (Å²) in [6.45, 7) is 10.9. The Hall–Kier alpha value is -3.52. The van der Waals surface area contributed by atoms with E-state index in [-0.39, 0.29) is 11.3 Å². The first-order chi connectivity index (χ1) is 19.0. The van der Waals surface area contributed by atoms with Crippen LogP contribution in [0.3, 0.4) is 0 Å². The largest absolute Gasteiger partial charge is 0.507 e. The molecule has 1 fully saturated rings. The van der Waals surface area contributed by atoms with E-state index in [0.717, 1.165) is 50.2 Å². The molecule has 8 nitrogen and oxygen atoms in total. The Morgan fingerprint density at radius 2 is 1.69 bits per heavy atom. The van der Waals surface area contributed by atoms with Crippen molar-refractivity contribution in [3.63, 3.8) is 0 Å². The number of Topliss-reactive ketones (excluding diaryl/α,β-unsaturated/α-hetero) is 1. The SMILES string of the molecule is CCCCCOc1ccc(C2C(=C(O)c3ccc4c(c3)OCCO4)C(=O)C(=O)N2CCCN(CC)CC)cc1. The van der Waals surface area contributed by atoms with Crippen LogP contribution in [0.1, 0.15) is 63.6 Å². The highest BCUT2D eigenvalue weighted by molar-refractivity contribution is 6.46. The molecule has 8 heteroatoms. The van der Waals surface area contributed by atoms with Crippen LogP contribution in [0.25, 0.3) is 5.76 Å². The van der Waals surface area contributed by atoms with Crippen LogP contribution in [-0.4, -0.2) is 72.6 Å². The van der Waals surface area contributed by atoms with Crippen molar-refractivity contribution in [1.82, 2.24) is 9.80 Å². The van der Waals surface area contributed by atoms with Gasteiger partial charge in [0.05, 0.1) is 18.2 Å². The van der Waals surface area contributed by atoms with Crippen LogP contribution in [0.5, 0.6) is 17.2 Å². The predicted molar refractivity (Wildman–Crippen MR) is 150 cm³/mol. The lowest BCUT2D eigenvalue weighted by Crippen LogP contribution is -2.33. The Kier molecular flexibility index (Phi) is 9.87. The fourth-order valence-corrected chi connectivity index (χ4v) is 5.10. The number of ether oxygens (including phenoxy) is 3. The molecular weight excluding hydrogens is 496 g/mol. The maximum Gasteiger partial charge on any atom is 0.295 e. The van der Waals surface area contributed by atoms with Gasteiger partial charge in [-0.15, -0.1) is 0 Å². The summed E-state index contributed by atoms with van der Waals surface area (Å²) in [5.74, 6) is 0.316. The minimum atomic E-state index is -0.705. The molecule has 39 heavy (non-hydrogen) atoms. The number of nitrogens with zero attached hydrogens (tertiary/aromatic N) is 2. The van der Waals surface area contributed by atoms with Gasteiger partial charge in [0, 0.05) is 12.1 Å². The summed E-state index contributed by atoms with van der Waals surface area (Å²) in [5.41, 5.74) is 1.23. The molecule has 2 aliphatic heterocycles. The lowest BCUT2D eigenvalue weighted by molar-refractivity contribution is -0.140. The average molecular weight is 537 g/mol. The Bertz CT molecular complexity index is 1170. The summed E-state index contributed by atoms with van der Waals surface area (Å²) in [6, 6.07) is 11.8. The molecule has 0 spiro atoms. The standard InChI is InChI=1S/C31H40N2O6/c1-4-7-8-18-37-24-13-10-22(11-14-24)28-27(29(34)23-12-15-25-26(21-23)39-20-19-38-25)30(35)31(36)33(28)17-9-16-32(5-2)6-3/h10-15,21,28,34H,4-9,16-20H2,1-3H3. The van der Waals surface area contributed by atoms with Gasteiger partial charge in [-0.1, -0.05) is 45.7 Å². The Morgan fingerprint density at radius 1 is 0.974 bits per heavy atom. The highest BCUT2D eigenvalue weighted by atomic mass is 16.6. The number of hydrogen-bond donors (Lipinski definition) is 1. The van der Waals surface area contributed by atoms with Crippen LogP contribution in [0, 0.1) is 0 Å². The van der Waals surface area contributed by atoms with Crippen molar-refractivity contribution in [2.24, 2.45) is 0 Å². The quantitative estimate of drug-likeness (QED) is 0.163. The van der Waals surface area contributed by atoms with Gasteiger partial charge in [-0.05, 0) is 68.4 Å². The van der Waals surface area contributed by atoms with Crippen LogP contribution < -0.4 is 14.2 Å². The number of rotatable bonds is 13. The predicted octanol–water partition coefficient (Wildman–Crippen LogP) is 5.18. The molecule has 1 unspecified atom stereocenters.